The van der Waals surface area contributed by atoms with Gasteiger partial charge in [0.15, 0.2) is 0 Å². The minimum Gasteiger partial charge on any atom is -0.497 e. The van der Waals surface area contributed by atoms with Crippen LogP contribution in [0.3, 0.4) is 0 Å². The monoisotopic (exact) mass is 330 g/mol. The van der Waals surface area contributed by atoms with E-state index < -0.39 is 6.10 Å². The van der Waals surface area contributed by atoms with Gasteiger partial charge >= 0.3 is 0 Å². The van der Waals surface area contributed by atoms with Gasteiger partial charge < -0.3 is 25.2 Å². The summed E-state index contributed by atoms with van der Waals surface area (Å²) in [6.07, 6.45) is 0.400. The molecule has 0 unspecified atom stereocenters. The number of carbonyl (C=O) groups is 1. The highest BCUT2D eigenvalue weighted by Crippen LogP contribution is 2.25. The minimum absolute atomic E-state index is 0. The van der Waals surface area contributed by atoms with Crippen molar-refractivity contribution in [3.63, 3.8) is 0 Å². The molecule has 2 atom stereocenters. The Morgan fingerprint density at radius 2 is 2.18 bits per heavy atom. The summed E-state index contributed by atoms with van der Waals surface area (Å²) in [5.74, 6) is 1.18. The maximum Gasteiger partial charge on any atom is 0.224 e. The molecule has 1 aliphatic heterocycles. The van der Waals surface area contributed by atoms with Crippen LogP contribution in [0.5, 0.6) is 11.5 Å². The average Bonchev–Trinajstić information content (AvgIpc) is 2.50. The molecule has 22 heavy (non-hydrogen) atoms. The van der Waals surface area contributed by atoms with Gasteiger partial charge in [0, 0.05) is 18.2 Å². The molecular formula is C15H23ClN2O4. The largest absolute Gasteiger partial charge is 0.497 e. The number of amides is 1. The van der Waals surface area contributed by atoms with Crippen molar-refractivity contribution < 1.29 is 19.4 Å². The zero-order valence-electron chi connectivity index (χ0n) is 12.8. The second-order valence-electron chi connectivity index (χ2n) is 5.09. The van der Waals surface area contributed by atoms with Gasteiger partial charge in [-0.3, -0.25) is 4.79 Å². The Kier molecular flexibility index (Phi) is 7.44. The normalized spacial score (nSPS) is 20.7. The van der Waals surface area contributed by atoms with Gasteiger partial charge in [-0.25, -0.2) is 0 Å². The van der Waals surface area contributed by atoms with Gasteiger partial charge in [-0.15, -0.1) is 12.4 Å². The molecule has 124 valence electrons. The number of methoxy groups -OCH3 is 2. The third kappa shape index (κ3) is 4.76. The highest BCUT2D eigenvalue weighted by atomic mass is 35.5. The Morgan fingerprint density at radius 1 is 1.41 bits per heavy atom. The molecule has 1 fully saturated rings. The van der Waals surface area contributed by atoms with Crippen LogP contribution in [0.25, 0.3) is 0 Å². The van der Waals surface area contributed by atoms with Gasteiger partial charge in [-0.05, 0) is 19.0 Å². The molecule has 0 aliphatic carbocycles. The number of ether oxygens (including phenoxy) is 2. The van der Waals surface area contributed by atoms with Crippen molar-refractivity contribution in [1.82, 2.24) is 10.6 Å². The molecule has 6 nitrogen and oxygen atoms in total. The topological polar surface area (TPSA) is 79.8 Å². The summed E-state index contributed by atoms with van der Waals surface area (Å²) in [6.45, 7) is 1.31. The molecular weight excluding hydrogens is 308 g/mol. The van der Waals surface area contributed by atoms with E-state index >= 15 is 0 Å². The average molecular weight is 331 g/mol. The fraction of sp³-hybridized carbons (Fsp3) is 0.533. The molecule has 1 aromatic rings. The van der Waals surface area contributed by atoms with Gasteiger partial charge in [0.1, 0.15) is 11.5 Å². The van der Waals surface area contributed by atoms with Gasteiger partial charge in [0.25, 0.3) is 0 Å². The predicted molar refractivity (Wildman–Crippen MR) is 85.9 cm³/mol. The fourth-order valence-corrected chi connectivity index (χ4v) is 2.44. The highest BCUT2D eigenvalue weighted by Gasteiger charge is 2.24. The minimum atomic E-state index is -0.541. The quantitative estimate of drug-likeness (QED) is 0.733. The first-order valence-electron chi connectivity index (χ1n) is 7.03. The van der Waals surface area contributed by atoms with E-state index in [0.29, 0.717) is 18.0 Å². The molecule has 0 aromatic heterocycles. The van der Waals surface area contributed by atoms with Crippen molar-refractivity contribution in [2.24, 2.45) is 0 Å². The lowest BCUT2D eigenvalue weighted by Gasteiger charge is -2.29. The van der Waals surface area contributed by atoms with Gasteiger partial charge in [-0.1, -0.05) is 6.07 Å². The lowest BCUT2D eigenvalue weighted by molar-refractivity contribution is -0.122. The molecule has 1 aromatic carbocycles. The Balaban J connectivity index is 0.00000242. The predicted octanol–water partition coefficient (Wildman–Crippen LogP) is 0.507. The number of hydrogen-bond donors (Lipinski definition) is 3. The number of halogens is 1. The summed E-state index contributed by atoms with van der Waals surface area (Å²) in [5.41, 5.74) is 0.791. The number of aliphatic hydroxyl groups is 1. The van der Waals surface area contributed by atoms with Gasteiger partial charge in [0.05, 0.1) is 32.8 Å². The van der Waals surface area contributed by atoms with Crippen LogP contribution in [-0.4, -0.2) is 50.5 Å². The summed E-state index contributed by atoms with van der Waals surface area (Å²) >= 11 is 0. The van der Waals surface area contributed by atoms with E-state index in [2.05, 4.69) is 10.6 Å². The Labute approximate surface area is 136 Å². The number of piperidine rings is 1. The van der Waals surface area contributed by atoms with Gasteiger partial charge in [0.2, 0.25) is 5.91 Å². The number of benzene rings is 1. The maximum absolute atomic E-state index is 12.1. The zero-order valence-corrected chi connectivity index (χ0v) is 13.6. The smallest absolute Gasteiger partial charge is 0.224 e. The second-order valence-corrected chi connectivity index (χ2v) is 5.09. The van der Waals surface area contributed by atoms with E-state index in [4.69, 9.17) is 9.47 Å². The SMILES string of the molecule is COc1ccc(CC(=O)N[C@@H]2CCNC[C@H]2O)c(OC)c1.Cl. The summed E-state index contributed by atoms with van der Waals surface area (Å²) in [6, 6.07) is 5.17. The Morgan fingerprint density at radius 3 is 2.82 bits per heavy atom. The summed E-state index contributed by atoms with van der Waals surface area (Å²) in [7, 11) is 3.15. The van der Waals surface area contributed by atoms with Crippen molar-refractivity contribution in [2.45, 2.75) is 25.0 Å². The van der Waals surface area contributed by atoms with Crippen molar-refractivity contribution in [3.8, 4) is 11.5 Å². The number of hydrogen-bond acceptors (Lipinski definition) is 5. The first kappa shape index (κ1) is 18.5. The molecule has 3 N–H and O–H groups in total. The number of carbonyl (C=O) groups excluding carboxylic acids is 1. The standard InChI is InChI=1S/C15H22N2O4.ClH/c1-20-11-4-3-10(14(8-11)21-2)7-15(19)17-12-5-6-16-9-13(12)18;/h3-4,8,12-13,16,18H,5-7,9H2,1-2H3,(H,17,19);1H/t12-,13-;/m1./s1. The van der Waals surface area contributed by atoms with E-state index in [9.17, 15) is 9.90 Å². The third-order valence-electron chi connectivity index (χ3n) is 3.64. The van der Waals surface area contributed by atoms with E-state index in [1.54, 1.807) is 26.4 Å². The van der Waals surface area contributed by atoms with Crippen molar-refractivity contribution in [1.29, 1.82) is 0 Å². The summed E-state index contributed by atoms with van der Waals surface area (Å²) in [5, 5.41) is 15.8. The summed E-state index contributed by atoms with van der Waals surface area (Å²) in [4.78, 5) is 12.1. The van der Waals surface area contributed by atoms with Crippen molar-refractivity contribution >= 4 is 18.3 Å². The third-order valence-corrected chi connectivity index (χ3v) is 3.64. The van der Waals surface area contributed by atoms with Crippen LogP contribution < -0.4 is 20.1 Å². The number of nitrogens with one attached hydrogen (secondary N) is 2. The first-order valence-corrected chi connectivity index (χ1v) is 7.03. The molecule has 2 rings (SSSR count). The molecule has 0 spiro atoms. The first-order chi connectivity index (χ1) is 10.1. The van der Waals surface area contributed by atoms with E-state index in [1.165, 1.54) is 0 Å². The highest BCUT2D eigenvalue weighted by molar-refractivity contribution is 5.85. The van der Waals surface area contributed by atoms with Crippen LogP contribution in [0.15, 0.2) is 18.2 Å². The molecule has 0 bridgehead atoms. The van der Waals surface area contributed by atoms with Crippen LogP contribution in [0.1, 0.15) is 12.0 Å². The van der Waals surface area contributed by atoms with E-state index in [1.807, 2.05) is 6.07 Å². The van der Waals surface area contributed by atoms with Crippen LogP contribution in [0, 0.1) is 0 Å². The number of aliphatic hydroxyl groups excluding tert-OH is 1. The van der Waals surface area contributed by atoms with E-state index in [0.717, 1.165) is 18.5 Å². The molecule has 1 aliphatic rings. The molecule has 0 radical (unpaired) electrons. The maximum atomic E-state index is 12.1. The lowest BCUT2D eigenvalue weighted by atomic mass is 10.0. The van der Waals surface area contributed by atoms with Crippen LogP contribution in [0.4, 0.5) is 0 Å². The molecule has 1 amide bonds. The van der Waals surface area contributed by atoms with Crippen molar-refractivity contribution in [2.75, 3.05) is 27.3 Å². The van der Waals surface area contributed by atoms with Crippen molar-refractivity contribution in [3.05, 3.63) is 23.8 Å². The van der Waals surface area contributed by atoms with Gasteiger partial charge in [-0.2, -0.15) is 0 Å². The van der Waals surface area contributed by atoms with Crippen LogP contribution in [-0.2, 0) is 11.2 Å². The Bertz CT molecular complexity index is 498. The van der Waals surface area contributed by atoms with Crippen LogP contribution in [0.2, 0.25) is 0 Å². The lowest BCUT2D eigenvalue weighted by Crippen LogP contribution is -2.52. The number of rotatable bonds is 5. The summed E-state index contributed by atoms with van der Waals surface area (Å²) < 4.78 is 10.4. The molecule has 7 heteroatoms. The fourth-order valence-electron chi connectivity index (χ4n) is 2.44. The second kappa shape index (κ2) is 8.82. The molecule has 1 heterocycles. The molecule has 1 saturated heterocycles. The zero-order chi connectivity index (χ0) is 15.2. The number of β-amino-alcohol motifs (C(OH)–C–C–N with tert-alkyl or cyclic N) is 1. The molecule has 0 saturated carbocycles. The Hall–Kier alpha value is -1.50. The van der Waals surface area contributed by atoms with E-state index in [-0.39, 0.29) is 30.8 Å². The van der Waals surface area contributed by atoms with Crippen LogP contribution >= 0.6 is 12.4 Å².